The van der Waals surface area contributed by atoms with Crippen molar-refractivity contribution in [2.75, 3.05) is 18.5 Å². The Labute approximate surface area is 327 Å². The number of fused-ring (bicyclic) bond motifs is 2. The van der Waals surface area contributed by atoms with Crippen molar-refractivity contribution in [1.29, 1.82) is 0 Å². The van der Waals surface area contributed by atoms with Gasteiger partial charge in [0.25, 0.3) is 25.9 Å². The summed E-state index contributed by atoms with van der Waals surface area (Å²) in [4.78, 5) is 26.6. The number of nitrogens with one attached hydrogen (secondary N) is 1. The number of aromatic nitrogens is 2. The number of aliphatic hydroxyl groups excluding tert-OH is 3. The topological polar surface area (TPSA) is 352 Å². The number of phenolic OH excluding ortho intramolecular Hbond substituents is 1. The first kappa shape index (κ1) is 42.8. The van der Waals surface area contributed by atoms with E-state index in [1.165, 1.54) is 6.34 Å². The quantitative estimate of drug-likeness (QED) is 0.0503. The summed E-state index contributed by atoms with van der Waals surface area (Å²) < 4.78 is 72.2. The first-order chi connectivity index (χ1) is 27.4. The highest BCUT2D eigenvalue weighted by Gasteiger charge is 2.36. The van der Waals surface area contributed by atoms with Crippen molar-refractivity contribution in [2.24, 2.45) is 15.2 Å². The van der Waals surface area contributed by atoms with Crippen molar-refractivity contribution in [3.63, 3.8) is 0 Å². The van der Waals surface area contributed by atoms with E-state index in [1.807, 2.05) is 36.4 Å². The molecule has 7 rings (SSSR count). The molecule has 4 atom stereocenters. The number of anilines is 1. The Morgan fingerprint density at radius 2 is 1.59 bits per heavy atom. The van der Waals surface area contributed by atoms with Crippen LogP contribution in [0.5, 0.6) is 5.75 Å². The number of imidazole rings is 1. The van der Waals surface area contributed by atoms with Crippen LogP contribution in [0.3, 0.4) is 0 Å². The number of hydrogen-bond donors (Lipinski definition) is 7. The third-order valence-electron chi connectivity index (χ3n) is 8.29. The minimum Gasteiger partial charge on any atom is -0.505 e. The monoisotopic (exact) mass is 844 g/mol. The number of azo groups is 1. The molecular formula is C33H32N8O15S2. The van der Waals surface area contributed by atoms with E-state index in [-0.39, 0.29) is 23.9 Å². The van der Waals surface area contributed by atoms with Crippen LogP contribution in [0.4, 0.5) is 28.6 Å². The second-order valence-corrected chi connectivity index (χ2v) is 14.9. The molecule has 7 N–H and O–H groups in total. The zero-order chi connectivity index (χ0) is 42.4. The Morgan fingerprint density at radius 1 is 0.914 bits per heavy atom. The molecule has 0 aliphatic carbocycles. The molecule has 23 nitrogen and oxygen atoms in total. The molecule has 3 heterocycles. The van der Waals surface area contributed by atoms with Gasteiger partial charge in [0.15, 0.2) is 11.4 Å². The van der Waals surface area contributed by atoms with E-state index >= 15 is 0 Å². The van der Waals surface area contributed by atoms with Gasteiger partial charge in [0.05, 0.1) is 52.7 Å². The van der Waals surface area contributed by atoms with Gasteiger partial charge in [-0.2, -0.15) is 16.8 Å². The summed E-state index contributed by atoms with van der Waals surface area (Å²) in [5.41, 5.74) is -2.35. The van der Waals surface area contributed by atoms with E-state index in [9.17, 15) is 56.9 Å². The predicted octanol–water partition coefficient (Wildman–Crippen LogP) is 3.97. The zero-order valence-electron chi connectivity index (χ0n) is 29.4. The smallest absolute Gasteiger partial charge is 0.303 e. The standard InChI is InChI=1S/C16H10N4O11S2.C11H16N4O4.C6H6/c21-16-11-3-2-10(32(26,27)28)5-8(11)6-14(33(29,30)31)15(16)18-17-12-4-1-9(19(22)23)7-13(12)20(24)25;16-3-8-6(17)1-9(19-8)15-5-14-10-7(18)2-12-4-13-11(10)15;1-2-4-6-5-3-1/h1-7,21H,(H,26,27,28)(H,29,30,31);4-9,16-18H,1-3H2,(H,12,13);1-6H/t;6-,7+,8+,9+;/m.0./s1. The Bertz CT molecular complexity index is 2580. The first-order valence-electron chi connectivity index (χ1n) is 16.4. The zero-order valence-corrected chi connectivity index (χ0v) is 31.0. The minimum absolute atomic E-state index is 0.165. The van der Waals surface area contributed by atoms with E-state index in [2.05, 4.69) is 25.5 Å². The SMILES string of the molecule is O=[N+]([O-])c1ccc(N=Nc2c(S(=O)(=O)O)cc3cc(S(=O)(=O)O)ccc3c2O)c([N+](=O)[O-])c1.OC[C@H]1O[C@@H](n2cnc3c2NC=NC[C@H]3O)C[C@@H]1O.c1ccccc1. The molecule has 58 heavy (non-hydrogen) atoms. The number of ether oxygens (including phenoxy) is 1. The average molecular weight is 845 g/mol. The van der Waals surface area contributed by atoms with E-state index in [0.29, 0.717) is 24.0 Å². The van der Waals surface area contributed by atoms with Gasteiger partial charge in [0.2, 0.25) is 0 Å². The number of non-ortho nitro benzene ring substituents is 1. The van der Waals surface area contributed by atoms with Crippen molar-refractivity contribution in [3.05, 3.63) is 111 Å². The van der Waals surface area contributed by atoms with E-state index in [1.54, 1.807) is 10.9 Å². The van der Waals surface area contributed by atoms with Crippen LogP contribution in [0.25, 0.3) is 10.8 Å². The fourth-order valence-electron chi connectivity index (χ4n) is 5.51. The summed E-state index contributed by atoms with van der Waals surface area (Å²) in [5, 5.41) is 70.8. The number of benzene rings is 4. The average Bonchev–Trinajstić information content (AvgIpc) is 3.73. The van der Waals surface area contributed by atoms with Gasteiger partial charge in [0, 0.05) is 17.9 Å². The predicted molar refractivity (Wildman–Crippen MR) is 201 cm³/mol. The van der Waals surface area contributed by atoms with E-state index in [0.717, 1.165) is 36.4 Å². The molecule has 0 bridgehead atoms. The van der Waals surface area contributed by atoms with Crippen LogP contribution in [0.1, 0.15) is 24.4 Å². The lowest BCUT2D eigenvalue weighted by Gasteiger charge is -2.16. The maximum atomic E-state index is 11.8. The molecule has 4 aromatic carbocycles. The molecule has 0 spiro atoms. The number of hydrogen-bond acceptors (Lipinski definition) is 18. The summed E-state index contributed by atoms with van der Waals surface area (Å²) in [6.45, 7) is 0.0243. The molecule has 1 aromatic heterocycles. The minimum atomic E-state index is -5.09. The number of aliphatic imine (C=N–C) groups is 1. The van der Waals surface area contributed by atoms with Gasteiger partial charge >= 0.3 is 5.69 Å². The molecular weight excluding hydrogens is 813 g/mol. The van der Waals surface area contributed by atoms with Crippen molar-refractivity contribution >= 4 is 65.9 Å². The maximum absolute atomic E-state index is 11.8. The lowest BCUT2D eigenvalue weighted by Crippen LogP contribution is -2.24. The fourth-order valence-corrected chi connectivity index (χ4v) is 6.68. The Morgan fingerprint density at radius 3 is 2.16 bits per heavy atom. The summed E-state index contributed by atoms with van der Waals surface area (Å²) in [5.74, 6) is -0.292. The Hall–Kier alpha value is -6.32. The number of aromatic hydroxyl groups is 1. The van der Waals surface area contributed by atoms with Gasteiger partial charge in [-0.15, -0.1) is 10.2 Å². The van der Waals surface area contributed by atoms with Crippen molar-refractivity contribution in [3.8, 4) is 5.75 Å². The summed E-state index contributed by atoms with van der Waals surface area (Å²) in [6, 6.07) is 17.8. The highest BCUT2D eigenvalue weighted by molar-refractivity contribution is 7.86. The van der Waals surface area contributed by atoms with Crippen LogP contribution in [0, 0.1) is 20.2 Å². The van der Waals surface area contributed by atoms with Crippen LogP contribution < -0.4 is 5.32 Å². The number of nitrogens with zero attached hydrogens (tertiary/aromatic N) is 7. The highest BCUT2D eigenvalue weighted by Crippen LogP contribution is 2.43. The van der Waals surface area contributed by atoms with Crippen molar-refractivity contribution in [1.82, 2.24) is 9.55 Å². The van der Waals surface area contributed by atoms with Gasteiger partial charge in [0.1, 0.15) is 40.5 Å². The largest absolute Gasteiger partial charge is 0.505 e. The van der Waals surface area contributed by atoms with Gasteiger partial charge in [-0.1, -0.05) is 36.4 Å². The molecule has 2 aliphatic heterocycles. The normalized spacial score (nSPS) is 18.9. The Balaban J connectivity index is 0.000000212. The molecule has 2 aliphatic rings. The lowest BCUT2D eigenvalue weighted by molar-refractivity contribution is -0.393. The van der Waals surface area contributed by atoms with Crippen molar-refractivity contribution in [2.45, 2.75) is 40.8 Å². The third kappa shape index (κ3) is 9.97. The molecule has 0 saturated carbocycles. The molecule has 1 fully saturated rings. The maximum Gasteiger partial charge on any atom is 0.303 e. The Kier molecular flexibility index (Phi) is 13.2. The summed E-state index contributed by atoms with van der Waals surface area (Å²) >= 11 is 0. The summed E-state index contributed by atoms with van der Waals surface area (Å²) in [6.07, 6.45) is 0.935. The second-order valence-electron chi connectivity index (χ2n) is 12.1. The molecule has 1 saturated heterocycles. The molecule has 0 unspecified atom stereocenters. The van der Waals surface area contributed by atoms with Crippen LogP contribution in [0.15, 0.2) is 110 Å². The number of nitro benzene ring substituents is 2. The number of phenols is 1. The van der Waals surface area contributed by atoms with Crippen LogP contribution >= 0.6 is 0 Å². The number of nitro groups is 2. The number of rotatable bonds is 8. The van der Waals surface area contributed by atoms with Gasteiger partial charge in [-0.3, -0.25) is 38.9 Å². The van der Waals surface area contributed by atoms with Crippen LogP contribution in [-0.4, -0.2) is 97.5 Å². The lowest BCUT2D eigenvalue weighted by atomic mass is 10.1. The van der Waals surface area contributed by atoms with E-state index < -0.39 is 92.9 Å². The molecule has 0 amide bonds. The second kappa shape index (κ2) is 17.9. The molecule has 5 aromatic rings. The number of aliphatic hydroxyl groups is 3. The fraction of sp³-hybridized carbons (Fsp3) is 0.212. The van der Waals surface area contributed by atoms with Gasteiger partial charge < -0.3 is 30.5 Å². The van der Waals surface area contributed by atoms with Crippen LogP contribution in [0.2, 0.25) is 0 Å². The first-order valence-corrected chi connectivity index (χ1v) is 19.3. The third-order valence-corrected chi connectivity index (χ3v) is 10.0. The highest BCUT2D eigenvalue weighted by atomic mass is 32.2. The molecule has 0 radical (unpaired) electrons. The van der Waals surface area contributed by atoms with E-state index in [4.69, 9.17) is 14.4 Å². The van der Waals surface area contributed by atoms with Gasteiger partial charge in [-0.05, 0) is 35.7 Å². The van der Waals surface area contributed by atoms with Gasteiger partial charge in [-0.25, -0.2) is 4.98 Å². The molecule has 306 valence electrons. The molecule has 25 heteroatoms. The van der Waals surface area contributed by atoms with Crippen LogP contribution in [-0.2, 0) is 25.0 Å². The summed E-state index contributed by atoms with van der Waals surface area (Å²) in [7, 11) is -9.78. The van der Waals surface area contributed by atoms with Crippen molar-refractivity contribution < 1.29 is 61.0 Å².